The van der Waals surface area contributed by atoms with Gasteiger partial charge in [0.2, 0.25) is 0 Å². The Hall–Kier alpha value is 0.0849. The van der Waals surface area contributed by atoms with Crippen LogP contribution >= 0.6 is 0 Å². The standard InChI is InChI=1S/BH2NO4S2/c1-8(5,6)2-7(3)4/h2H,(H,3,4)/p-1. The smallest absolute Gasteiger partial charge is 0.278 e. The molecule has 0 aliphatic rings. The molecule has 0 amide bonds. The monoisotopic (exact) mass is 154 g/mol. The second-order valence-electron chi connectivity index (χ2n) is 0.863. The Balaban J connectivity index is 3.95. The molecule has 0 saturated heterocycles. The second-order valence-corrected chi connectivity index (χ2v) is 3.09. The fourth-order valence-electron chi connectivity index (χ4n) is 0.0948. The summed E-state index contributed by atoms with van der Waals surface area (Å²) in [4.78, 5) is 0. The average molecular weight is 154 g/mol. The van der Waals surface area contributed by atoms with E-state index in [0.717, 1.165) is 4.13 Å². The molecule has 0 aliphatic heterocycles. The summed E-state index contributed by atoms with van der Waals surface area (Å²) < 4.78 is 39.4. The highest BCUT2D eigenvalue weighted by atomic mass is 32.3. The molecule has 0 aromatic rings. The summed E-state index contributed by atoms with van der Waals surface area (Å²) in [7, 11) is 0.118. The predicted octanol–water partition coefficient (Wildman–Crippen LogP) is -2.22. The molecule has 46 valence electrons. The van der Waals surface area contributed by atoms with Gasteiger partial charge >= 0.3 is 0 Å². The predicted molar refractivity (Wildman–Crippen MR) is 26.7 cm³/mol. The first-order valence-electron chi connectivity index (χ1n) is 1.31. The molecule has 0 bridgehead atoms. The topological polar surface area (TPSA) is 86.3 Å². The zero-order chi connectivity index (χ0) is 6.78. The Morgan fingerprint density at radius 2 is 2.00 bits per heavy atom. The van der Waals surface area contributed by atoms with E-state index in [2.05, 4.69) is 7.12 Å². The van der Waals surface area contributed by atoms with Crippen molar-refractivity contribution in [3.8, 4) is 0 Å². The summed E-state index contributed by atoms with van der Waals surface area (Å²) in [5, 5.41) is 0. The lowest BCUT2D eigenvalue weighted by atomic mass is 10.8. The zero-order valence-electron chi connectivity index (χ0n) is 3.53. The molecular weight excluding hydrogens is 153 g/mol. The molecule has 1 N–H and O–H groups in total. The Labute approximate surface area is 50.2 Å². The van der Waals surface area contributed by atoms with Crippen LogP contribution in [0, 0.1) is 0 Å². The van der Waals surface area contributed by atoms with E-state index in [0.29, 0.717) is 0 Å². The lowest BCUT2D eigenvalue weighted by Gasteiger charge is -2.02. The lowest BCUT2D eigenvalue weighted by Crippen LogP contribution is -2.24. The maximum atomic E-state index is 9.72. The molecule has 0 aromatic carbocycles. The van der Waals surface area contributed by atoms with Gasteiger partial charge < -0.3 is 4.55 Å². The Morgan fingerprint density at radius 1 is 1.62 bits per heavy atom. The minimum Gasteiger partial charge on any atom is -0.759 e. The van der Waals surface area contributed by atoms with Gasteiger partial charge in [-0.25, -0.2) is 8.42 Å². The van der Waals surface area contributed by atoms with E-state index < -0.39 is 21.1 Å². The highest BCUT2D eigenvalue weighted by Gasteiger charge is 1.96. The van der Waals surface area contributed by atoms with E-state index >= 15 is 0 Å². The van der Waals surface area contributed by atoms with Crippen LogP contribution in [0.1, 0.15) is 0 Å². The van der Waals surface area contributed by atoms with Crippen LogP contribution in [-0.2, 0) is 21.1 Å². The second kappa shape index (κ2) is 2.58. The minimum absolute atomic E-state index is 1.05. The van der Waals surface area contributed by atoms with Crippen LogP contribution in [0.2, 0.25) is 0 Å². The molecule has 1 unspecified atom stereocenters. The van der Waals surface area contributed by atoms with Gasteiger partial charge in [0.25, 0.3) is 7.12 Å². The fourth-order valence-corrected chi connectivity index (χ4v) is 0.854. The van der Waals surface area contributed by atoms with E-state index in [9.17, 15) is 17.2 Å². The molecular formula is HBNO4S2-. The molecule has 0 saturated carbocycles. The first-order valence-corrected chi connectivity index (χ1v) is 3.93. The largest absolute Gasteiger partial charge is 0.759 e. The van der Waals surface area contributed by atoms with E-state index in [1.807, 2.05) is 0 Å². The maximum absolute atomic E-state index is 9.72. The molecule has 2 radical (unpaired) electrons. The van der Waals surface area contributed by atoms with E-state index in [1.165, 1.54) is 0 Å². The highest BCUT2D eigenvalue weighted by molar-refractivity contribution is 8.15. The number of hydrogen-bond acceptors (Lipinski definition) is 4. The van der Waals surface area contributed by atoms with Crippen molar-refractivity contribution in [2.45, 2.75) is 0 Å². The van der Waals surface area contributed by atoms with Crippen LogP contribution in [-0.4, -0.2) is 24.3 Å². The van der Waals surface area contributed by atoms with Gasteiger partial charge in [-0.1, -0.05) is 0 Å². The van der Waals surface area contributed by atoms with Crippen molar-refractivity contribution in [3.63, 3.8) is 0 Å². The van der Waals surface area contributed by atoms with E-state index in [-0.39, 0.29) is 0 Å². The summed E-state index contributed by atoms with van der Waals surface area (Å²) >= 11 is -2.85. The summed E-state index contributed by atoms with van der Waals surface area (Å²) in [5.41, 5.74) is 0. The van der Waals surface area contributed by atoms with Crippen molar-refractivity contribution < 1.29 is 17.2 Å². The normalized spacial score (nSPS) is 15.6. The van der Waals surface area contributed by atoms with Crippen LogP contribution in [0.3, 0.4) is 0 Å². The number of hydrogen-bond donors (Lipinski definition) is 1. The van der Waals surface area contributed by atoms with Crippen LogP contribution < -0.4 is 4.13 Å². The van der Waals surface area contributed by atoms with E-state index in [1.54, 1.807) is 0 Å². The van der Waals surface area contributed by atoms with Gasteiger partial charge in [-0.2, -0.15) is 4.13 Å². The maximum Gasteiger partial charge on any atom is 0.278 e. The van der Waals surface area contributed by atoms with E-state index in [4.69, 9.17) is 0 Å². The Kier molecular flexibility index (Phi) is 2.61. The van der Waals surface area contributed by atoms with Gasteiger partial charge in [0, 0.05) is 11.3 Å². The zero-order valence-corrected chi connectivity index (χ0v) is 5.16. The van der Waals surface area contributed by atoms with Crippen molar-refractivity contribution >= 4 is 28.3 Å². The summed E-state index contributed by atoms with van der Waals surface area (Å²) in [6, 6.07) is 0. The van der Waals surface area contributed by atoms with Crippen LogP contribution in [0.5, 0.6) is 0 Å². The minimum atomic E-state index is -4.09. The highest BCUT2D eigenvalue weighted by Crippen LogP contribution is 1.70. The van der Waals surface area contributed by atoms with Gasteiger partial charge in [0.1, 0.15) is 0 Å². The molecule has 8 heteroatoms. The molecule has 5 nitrogen and oxygen atoms in total. The van der Waals surface area contributed by atoms with Crippen LogP contribution in [0.15, 0.2) is 0 Å². The van der Waals surface area contributed by atoms with Crippen LogP contribution in [0.25, 0.3) is 0 Å². The molecule has 0 aliphatic carbocycles. The molecule has 0 rings (SSSR count). The van der Waals surface area contributed by atoms with Gasteiger partial charge in [0.15, 0.2) is 9.87 Å². The first-order chi connectivity index (χ1) is 3.42. The van der Waals surface area contributed by atoms with Gasteiger partial charge in [-0.15, -0.1) is 0 Å². The fraction of sp³-hybridized carbons (Fsp3) is 0. The Bertz CT molecular complexity index is 180. The van der Waals surface area contributed by atoms with Crippen molar-refractivity contribution in [1.82, 2.24) is 4.13 Å². The van der Waals surface area contributed by atoms with Crippen molar-refractivity contribution in [1.29, 1.82) is 0 Å². The Morgan fingerprint density at radius 3 is 2.00 bits per heavy atom. The van der Waals surface area contributed by atoms with Gasteiger partial charge in [-0.05, 0) is 0 Å². The summed E-state index contributed by atoms with van der Waals surface area (Å²) in [6.07, 6.45) is 0. The van der Waals surface area contributed by atoms with Crippen molar-refractivity contribution in [3.05, 3.63) is 0 Å². The third-order valence-corrected chi connectivity index (χ3v) is 1.66. The molecule has 8 heavy (non-hydrogen) atoms. The molecule has 1 atom stereocenters. The third kappa shape index (κ3) is 6.08. The number of nitrogens with one attached hydrogen (secondary N) is 1. The SMILES string of the molecule is [B]S(=O)(=O)NS(=O)[O-]. The van der Waals surface area contributed by atoms with Gasteiger partial charge in [0.05, 0.1) is 0 Å². The summed E-state index contributed by atoms with van der Waals surface area (Å²) in [5.74, 6) is 0. The number of rotatable bonds is 2. The molecule has 0 aromatic heterocycles. The molecule has 0 heterocycles. The lowest BCUT2D eigenvalue weighted by molar-refractivity contribution is 0.531. The molecule has 0 fully saturated rings. The average Bonchev–Trinajstić information content (AvgIpc) is 1.21. The quantitative estimate of drug-likeness (QED) is 0.360. The first kappa shape index (κ1) is 8.08. The third-order valence-electron chi connectivity index (χ3n) is 0.184. The van der Waals surface area contributed by atoms with Crippen molar-refractivity contribution in [2.75, 3.05) is 0 Å². The van der Waals surface area contributed by atoms with Gasteiger partial charge in [-0.3, -0.25) is 4.21 Å². The molecule has 0 spiro atoms. The van der Waals surface area contributed by atoms with Crippen LogP contribution in [0.4, 0.5) is 0 Å². The van der Waals surface area contributed by atoms with Crippen molar-refractivity contribution in [2.24, 2.45) is 0 Å². The summed E-state index contributed by atoms with van der Waals surface area (Å²) in [6.45, 7) is 0.